The van der Waals surface area contributed by atoms with Gasteiger partial charge in [0.25, 0.3) is 10.0 Å². The molecule has 10 nitrogen and oxygen atoms in total. The van der Waals surface area contributed by atoms with E-state index in [2.05, 4.69) is 31.6 Å². The zero-order valence-corrected chi connectivity index (χ0v) is 26.8. The van der Waals surface area contributed by atoms with Gasteiger partial charge in [-0.1, -0.05) is 6.07 Å². The number of piperazine rings is 1. The topological polar surface area (TPSA) is 100 Å². The minimum atomic E-state index is -3.82. The Bertz CT molecular complexity index is 1680. The van der Waals surface area contributed by atoms with Crippen molar-refractivity contribution in [2.75, 3.05) is 63.0 Å². The lowest BCUT2D eigenvalue weighted by atomic mass is 10.1. The number of methoxy groups -OCH3 is 1. The number of nitrogens with one attached hydrogen (secondary N) is 1. The van der Waals surface area contributed by atoms with E-state index >= 15 is 0 Å². The quantitative estimate of drug-likeness (QED) is 0.249. The van der Waals surface area contributed by atoms with Crippen molar-refractivity contribution in [1.82, 2.24) is 19.4 Å². The number of hydrogen-bond donors (Lipinski definition) is 1. The largest absolute Gasteiger partial charge is 0.497 e. The number of pyridine rings is 1. The minimum absolute atomic E-state index is 0.0941. The van der Waals surface area contributed by atoms with Crippen LogP contribution in [0.2, 0.25) is 0 Å². The summed E-state index contributed by atoms with van der Waals surface area (Å²) in [7, 11) is -0.388. The fourth-order valence-electron chi connectivity index (χ4n) is 5.95. The minimum Gasteiger partial charge on any atom is -0.497 e. The molecule has 1 aliphatic rings. The molecule has 1 aliphatic heterocycles. The summed E-state index contributed by atoms with van der Waals surface area (Å²) in [6.45, 7) is 9.73. The summed E-state index contributed by atoms with van der Waals surface area (Å²) >= 11 is 0. The molecule has 1 amide bonds. The SMILES string of the molecule is COc1cc(C)c(S(=O)(=O)Nc2ccc3ccn(CCC(=O)N(C)CCCN4CCN(c5ccncc5)CC4)c3c2)c(C)c1. The first-order valence-electron chi connectivity index (χ1n) is 15.0. The zero-order valence-electron chi connectivity index (χ0n) is 26.0. The maximum Gasteiger partial charge on any atom is 0.262 e. The van der Waals surface area contributed by atoms with Gasteiger partial charge < -0.3 is 19.1 Å². The molecule has 0 saturated carbocycles. The Morgan fingerprint density at radius 2 is 1.68 bits per heavy atom. The number of aromatic nitrogens is 2. The molecule has 4 aromatic rings. The molecular weight excluding hydrogens is 576 g/mol. The highest BCUT2D eigenvalue weighted by molar-refractivity contribution is 7.92. The van der Waals surface area contributed by atoms with Crippen LogP contribution < -0.4 is 14.4 Å². The van der Waals surface area contributed by atoms with Crippen LogP contribution >= 0.6 is 0 Å². The molecule has 1 N–H and O–H groups in total. The van der Waals surface area contributed by atoms with Crippen LogP contribution in [0.4, 0.5) is 11.4 Å². The van der Waals surface area contributed by atoms with Crippen LogP contribution in [0.25, 0.3) is 10.9 Å². The highest BCUT2D eigenvalue weighted by Crippen LogP contribution is 2.29. The first-order chi connectivity index (χ1) is 21.1. The number of nitrogens with zero attached hydrogens (tertiary/aromatic N) is 5. The van der Waals surface area contributed by atoms with Gasteiger partial charge in [-0.2, -0.15) is 0 Å². The van der Waals surface area contributed by atoms with Gasteiger partial charge in [-0.15, -0.1) is 0 Å². The lowest BCUT2D eigenvalue weighted by molar-refractivity contribution is -0.130. The molecule has 0 spiro atoms. The molecule has 2 aromatic heterocycles. The van der Waals surface area contributed by atoms with Crippen LogP contribution in [0.1, 0.15) is 24.0 Å². The smallest absolute Gasteiger partial charge is 0.262 e. The third-order valence-electron chi connectivity index (χ3n) is 8.32. The molecule has 0 aliphatic carbocycles. The number of fused-ring (bicyclic) bond motifs is 1. The molecule has 0 unspecified atom stereocenters. The maximum atomic E-state index is 13.3. The molecule has 1 fully saturated rings. The van der Waals surface area contributed by atoms with Gasteiger partial charge in [-0.25, -0.2) is 8.42 Å². The maximum absolute atomic E-state index is 13.3. The number of rotatable bonds is 12. The standard InChI is InChI=1S/C33H42N6O4S/c1-25-22-30(43-4)23-26(2)33(25)44(41,42)35-28-7-6-27-10-16-39(31(27)24-28)17-11-32(40)36(3)14-5-15-37-18-20-38(21-19-37)29-8-12-34-13-9-29/h6-10,12-13,16,22-24,35H,5,11,14-15,17-21H2,1-4H3. The molecule has 5 rings (SSSR count). The summed E-state index contributed by atoms with van der Waals surface area (Å²) in [5.74, 6) is 0.714. The number of carbonyl (C=O) groups is 1. The monoisotopic (exact) mass is 618 g/mol. The van der Waals surface area contributed by atoms with Crippen LogP contribution in [0.3, 0.4) is 0 Å². The molecule has 2 aromatic carbocycles. The Morgan fingerprint density at radius 1 is 0.977 bits per heavy atom. The van der Waals surface area contributed by atoms with Gasteiger partial charge in [0.1, 0.15) is 5.75 Å². The molecule has 234 valence electrons. The number of carbonyl (C=O) groups excluding carboxylic acids is 1. The van der Waals surface area contributed by atoms with Crippen LogP contribution in [0.15, 0.2) is 72.0 Å². The zero-order chi connectivity index (χ0) is 31.3. The van der Waals surface area contributed by atoms with Crippen LogP contribution in [0.5, 0.6) is 5.75 Å². The van der Waals surface area contributed by atoms with Crippen molar-refractivity contribution in [2.45, 2.75) is 38.1 Å². The summed E-state index contributed by atoms with van der Waals surface area (Å²) in [5, 5.41) is 0.981. The number of sulfonamides is 1. The highest BCUT2D eigenvalue weighted by atomic mass is 32.2. The van der Waals surface area contributed by atoms with E-state index in [0.29, 0.717) is 42.1 Å². The molecule has 11 heteroatoms. The second kappa shape index (κ2) is 13.7. The van der Waals surface area contributed by atoms with E-state index in [9.17, 15) is 13.2 Å². The van der Waals surface area contributed by atoms with Gasteiger partial charge in [0.15, 0.2) is 0 Å². The van der Waals surface area contributed by atoms with E-state index in [4.69, 9.17) is 4.74 Å². The molecule has 44 heavy (non-hydrogen) atoms. The van der Waals surface area contributed by atoms with Crippen molar-refractivity contribution in [3.05, 3.63) is 78.2 Å². The van der Waals surface area contributed by atoms with Crippen molar-refractivity contribution in [2.24, 2.45) is 0 Å². The normalized spacial score (nSPS) is 14.1. The summed E-state index contributed by atoms with van der Waals surface area (Å²) < 4.78 is 36.7. The van der Waals surface area contributed by atoms with Crippen molar-refractivity contribution >= 4 is 38.2 Å². The molecule has 0 bridgehead atoms. The average molecular weight is 619 g/mol. The van der Waals surface area contributed by atoms with Crippen molar-refractivity contribution in [3.8, 4) is 5.75 Å². The first kappa shape index (κ1) is 31.3. The van der Waals surface area contributed by atoms with Crippen molar-refractivity contribution < 1.29 is 17.9 Å². The second-order valence-electron chi connectivity index (χ2n) is 11.4. The van der Waals surface area contributed by atoms with Gasteiger partial charge in [0, 0.05) is 77.0 Å². The van der Waals surface area contributed by atoms with E-state index in [1.807, 2.05) is 53.3 Å². The Labute approximate surface area is 260 Å². The van der Waals surface area contributed by atoms with E-state index < -0.39 is 10.0 Å². The fraction of sp³-hybridized carbons (Fsp3) is 0.394. The van der Waals surface area contributed by atoms with Gasteiger partial charge >= 0.3 is 0 Å². The van der Waals surface area contributed by atoms with Gasteiger partial charge in [0.2, 0.25) is 5.91 Å². The van der Waals surface area contributed by atoms with E-state index in [-0.39, 0.29) is 10.8 Å². The van der Waals surface area contributed by atoms with Crippen molar-refractivity contribution in [3.63, 3.8) is 0 Å². The van der Waals surface area contributed by atoms with E-state index in [0.717, 1.165) is 50.0 Å². The Morgan fingerprint density at radius 3 is 2.36 bits per heavy atom. The highest BCUT2D eigenvalue weighted by Gasteiger charge is 2.22. The number of anilines is 2. The van der Waals surface area contributed by atoms with Crippen molar-refractivity contribution in [1.29, 1.82) is 0 Å². The van der Waals surface area contributed by atoms with Crippen LogP contribution in [-0.2, 0) is 21.4 Å². The van der Waals surface area contributed by atoms with E-state index in [1.165, 1.54) is 5.69 Å². The predicted octanol–water partition coefficient (Wildman–Crippen LogP) is 4.52. The van der Waals surface area contributed by atoms with Gasteiger partial charge in [0.05, 0.1) is 23.2 Å². The van der Waals surface area contributed by atoms with Crippen LogP contribution in [0, 0.1) is 13.8 Å². The fourth-order valence-corrected chi connectivity index (χ4v) is 7.45. The third-order valence-corrected chi connectivity index (χ3v) is 10.0. The average Bonchev–Trinajstić information content (AvgIpc) is 3.41. The molecule has 3 heterocycles. The molecule has 0 radical (unpaired) electrons. The second-order valence-corrected chi connectivity index (χ2v) is 13.1. The first-order valence-corrected chi connectivity index (χ1v) is 16.5. The molecular formula is C33H42N6O4S. The summed E-state index contributed by atoms with van der Waals surface area (Å²) in [5.41, 5.74) is 3.79. The molecule has 0 atom stereocenters. The summed E-state index contributed by atoms with van der Waals surface area (Å²) in [6.07, 6.45) is 6.91. The Kier molecular flexibility index (Phi) is 9.75. The summed E-state index contributed by atoms with van der Waals surface area (Å²) in [4.78, 5) is 24.0. The number of benzene rings is 2. The number of amides is 1. The lowest BCUT2D eigenvalue weighted by Crippen LogP contribution is -2.47. The molecule has 1 saturated heterocycles. The predicted molar refractivity (Wildman–Crippen MR) is 175 cm³/mol. The Balaban J connectivity index is 1.12. The van der Waals surface area contributed by atoms with Crippen LogP contribution in [-0.4, -0.2) is 87.1 Å². The number of hydrogen-bond acceptors (Lipinski definition) is 7. The third kappa shape index (κ3) is 7.34. The van der Waals surface area contributed by atoms with Gasteiger partial charge in [-0.05, 0) is 85.8 Å². The number of ether oxygens (including phenoxy) is 1. The summed E-state index contributed by atoms with van der Waals surface area (Å²) in [6, 6.07) is 15.0. The Hall–Kier alpha value is -4.09. The number of aryl methyl sites for hydroxylation is 3. The van der Waals surface area contributed by atoms with E-state index in [1.54, 1.807) is 39.2 Å². The lowest BCUT2D eigenvalue weighted by Gasteiger charge is -2.36. The van der Waals surface area contributed by atoms with Gasteiger partial charge in [-0.3, -0.25) is 19.4 Å².